The normalized spacial score (nSPS) is 14.9. The van der Waals surface area contributed by atoms with Crippen molar-refractivity contribution in [2.24, 2.45) is 0 Å². The second kappa shape index (κ2) is 8.60. The minimum atomic E-state index is -0.203. The molecule has 1 saturated heterocycles. The Morgan fingerprint density at radius 3 is 2.60 bits per heavy atom. The molecule has 1 aromatic carbocycles. The van der Waals surface area contributed by atoms with E-state index in [1.165, 1.54) is 11.1 Å². The number of carbonyl (C=O) groups is 1. The zero-order valence-electron chi connectivity index (χ0n) is 14.0. The van der Waals surface area contributed by atoms with Gasteiger partial charge in [-0.25, -0.2) is 4.98 Å². The number of anilines is 1. The molecule has 0 spiro atoms. The number of hydrogen-bond donors (Lipinski definition) is 1. The fourth-order valence-corrected chi connectivity index (χ4v) is 2.75. The van der Waals surface area contributed by atoms with Gasteiger partial charge in [0, 0.05) is 37.3 Å². The van der Waals surface area contributed by atoms with Crippen LogP contribution in [0.5, 0.6) is 5.88 Å². The molecule has 25 heavy (non-hydrogen) atoms. The third kappa shape index (κ3) is 4.55. The minimum absolute atomic E-state index is 0.109. The van der Waals surface area contributed by atoms with E-state index in [0.717, 1.165) is 18.5 Å². The van der Waals surface area contributed by atoms with Gasteiger partial charge in [-0.1, -0.05) is 18.2 Å². The first-order valence-electron chi connectivity index (χ1n) is 8.46. The van der Waals surface area contributed by atoms with Gasteiger partial charge in [-0.2, -0.15) is 0 Å². The highest BCUT2D eigenvalue weighted by Gasteiger charge is 2.19. The highest BCUT2D eigenvalue weighted by atomic mass is 16.5. The van der Waals surface area contributed by atoms with Gasteiger partial charge >= 0.3 is 0 Å². The SMILES string of the molecule is O=C(c1ccc(OC2CCOCC2)nc1)N(CCO)c1ccccc1. The molecule has 3 rings (SSSR count). The van der Waals surface area contributed by atoms with Crippen LogP contribution in [-0.2, 0) is 4.74 Å². The van der Waals surface area contributed by atoms with Crippen LogP contribution in [-0.4, -0.2) is 48.5 Å². The van der Waals surface area contributed by atoms with Gasteiger partial charge in [0.15, 0.2) is 0 Å². The van der Waals surface area contributed by atoms with Gasteiger partial charge in [0.25, 0.3) is 5.91 Å². The lowest BCUT2D eigenvalue weighted by Gasteiger charge is -2.23. The van der Waals surface area contributed by atoms with Gasteiger partial charge < -0.3 is 19.5 Å². The van der Waals surface area contributed by atoms with E-state index in [9.17, 15) is 9.90 Å². The Balaban J connectivity index is 1.70. The second-order valence-electron chi connectivity index (χ2n) is 5.83. The maximum Gasteiger partial charge on any atom is 0.259 e. The Morgan fingerprint density at radius 1 is 1.20 bits per heavy atom. The quantitative estimate of drug-likeness (QED) is 0.872. The second-order valence-corrected chi connectivity index (χ2v) is 5.83. The predicted octanol–water partition coefficient (Wildman–Crippen LogP) is 2.28. The molecular formula is C19H22N2O4. The molecule has 1 aromatic heterocycles. The summed E-state index contributed by atoms with van der Waals surface area (Å²) in [5.74, 6) is 0.308. The van der Waals surface area contributed by atoms with Crippen LogP contribution in [0.4, 0.5) is 5.69 Å². The summed E-state index contributed by atoms with van der Waals surface area (Å²) in [7, 11) is 0. The van der Waals surface area contributed by atoms with Crippen LogP contribution in [0.3, 0.4) is 0 Å². The van der Waals surface area contributed by atoms with Crippen LogP contribution >= 0.6 is 0 Å². The Hall–Kier alpha value is -2.44. The molecule has 1 N–H and O–H groups in total. The largest absolute Gasteiger partial charge is 0.474 e. The first-order valence-corrected chi connectivity index (χ1v) is 8.46. The lowest BCUT2D eigenvalue weighted by molar-refractivity contribution is 0.0237. The topological polar surface area (TPSA) is 71.9 Å². The molecule has 6 heteroatoms. The third-order valence-corrected chi connectivity index (χ3v) is 4.08. The van der Waals surface area contributed by atoms with Crippen LogP contribution in [0.1, 0.15) is 23.2 Å². The van der Waals surface area contributed by atoms with E-state index in [2.05, 4.69) is 4.98 Å². The Bertz CT molecular complexity index is 670. The molecule has 132 valence electrons. The number of hydrogen-bond acceptors (Lipinski definition) is 5. The highest BCUT2D eigenvalue weighted by Crippen LogP contribution is 2.19. The average Bonchev–Trinajstić information content (AvgIpc) is 2.68. The van der Waals surface area contributed by atoms with Crippen molar-refractivity contribution >= 4 is 11.6 Å². The van der Waals surface area contributed by atoms with Gasteiger partial charge in [0.1, 0.15) is 6.10 Å². The molecule has 2 heterocycles. The third-order valence-electron chi connectivity index (χ3n) is 4.08. The molecule has 2 aromatic rings. The van der Waals surface area contributed by atoms with Gasteiger partial charge in [-0.05, 0) is 18.2 Å². The van der Waals surface area contributed by atoms with Crippen molar-refractivity contribution in [2.45, 2.75) is 18.9 Å². The molecule has 0 bridgehead atoms. The molecule has 0 aliphatic carbocycles. The molecule has 0 atom stereocenters. The lowest BCUT2D eigenvalue weighted by Crippen LogP contribution is -2.33. The molecule has 1 amide bonds. The summed E-state index contributed by atoms with van der Waals surface area (Å²) in [4.78, 5) is 18.5. The van der Waals surface area contributed by atoms with E-state index in [1.807, 2.05) is 30.3 Å². The molecule has 0 unspecified atom stereocenters. The minimum Gasteiger partial charge on any atom is -0.474 e. The molecule has 1 aliphatic rings. The first kappa shape index (κ1) is 17.4. The number of carbonyl (C=O) groups excluding carboxylic acids is 1. The molecule has 1 fully saturated rings. The van der Waals surface area contributed by atoms with Gasteiger partial charge in [0.2, 0.25) is 5.88 Å². The number of rotatable bonds is 6. The number of pyridine rings is 1. The predicted molar refractivity (Wildman–Crippen MR) is 93.9 cm³/mol. The standard InChI is InChI=1S/C19H22N2O4/c22-11-10-21(16-4-2-1-3-5-16)19(23)15-6-7-18(20-14-15)25-17-8-12-24-13-9-17/h1-7,14,17,22H,8-13H2. The lowest BCUT2D eigenvalue weighted by atomic mass is 10.1. The van der Waals surface area contributed by atoms with E-state index >= 15 is 0 Å². The van der Waals surface area contributed by atoms with E-state index in [-0.39, 0.29) is 25.2 Å². The molecule has 0 radical (unpaired) electrons. The summed E-state index contributed by atoms with van der Waals surface area (Å²) in [6.07, 6.45) is 3.32. The summed E-state index contributed by atoms with van der Waals surface area (Å²) >= 11 is 0. The number of ether oxygens (including phenoxy) is 2. The van der Waals surface area contributed by atoms with Crippen LogP contribution in [0.15, 0.2) is 48.7 Å². The van der Waals surface area contributed by atoms with Crippen molar-refractivity contribution in [3.05, 3.63) is 54.2 Å². The van der Waals surface area contributed by atoms with Crippen LogP contribution < -0.4 is 9.64 Å². The maximum absolute atomic E-state index is 12.8. The Kier molecular flexibility index (Phi) is 5.98. The Morgan fingerprint density at radius 2 is 1.96 bits per heavy atom. The van der Waals surface area contributed by atoms with Crippen molar-refractivity contribution in [3.8, 4) is 5.88 Å². The monoisotopic (exact) mass is 342 g/mol. The molecule has 6 nitrogen and oxygen atoms in total. The van der Waals surface area contributed by atoms with Gasteiger partial charge in [-0.15, -0.1) is 0 Å². The van der Waals surface area contributed by atoms with Crippen LogP contribution in [0.25, 0.3) is 0 Å². The first-order chi connectivity index (χ1) is 12.3. The summed E-state index contributed by atoms with van der Waals surface area (Å²) < 4.78 is 11.1. The number of aliphatic hydroxyl groups excluding tert-OH is 1. The fourth-order valence-electron chi connectivity index (χ4n) is 2.75. The number of amides is 1. The van der Waals surface area contributed by atoms with Crippen molar-refractivity contribution in [2.75, 3.05) is 31.3 Å². The van der Waals surface area contributed by atoms with Gasteiger partial charge in [0.05, 0.1) is 25.4 Å². The summed E-state index contributed by atoms with van der Waals surface area (Å²) in [6.45, 7) is 1.52. The van der Waals surface area contributed by atoms with Crippen molar-refractivity contribution < 1.29 is 19.4 Å². The number of benzene rings is 1. The smallest absolute Gasteiger partial charge is 0.259 e. The van der Waals surface area contributed by atoms with E-state index in [0.29, 0.717) is 24.7 Å². The summed E-state index contributed by atoms with van der Waals surface area (Å²) in [5.41, 5.74) is 1.20. The van der Waals surface area contributed by atoms with Gasteiger partial charge in [-0.3, -0.25) is 4.79 Å². The molecule has 1 aliphatic heterocycles. The van der Waals surface area contributed by atoms with Crippen molar-refractivity contribution in [1.82, 2.24) is 4.98 Å². The van der Waals surface area contributed by atoms with E-state index in [4.69, 9.17) is 9.47 Å². The number of aromatic nitrogens is 1. The highest BCUT2D eigenvalue weighted by molar-refractivity contribution is 6.05. The van der Waals surface area contributed by atoms with E-state index < -0.39 is 0 Å². The zero-order chi connectivity index (χ0) is 17.5. The molecule has 0 saturated carbocycles. The molecular weight excluding hydrogens is 320 g/mol. The summed E-state index contributed by atoms with van der Waals surface area (Å²) in [6, 6.07) is 12.7. The van der Waals surface area contributed by atoms with Crippen LogP contribution in [0, 0.1) is 0 Å². The Labute approximate surface area is 147 Å². The summed E-state index contributed by atoms with van der Waals surface area (Å²) in [5, 5.41) is 9.28. The average molecular weight is 342 g/mol. The van der Waals surface area contributed by atoms with E-state index in [1.54, 1.807) is 12.1 Å². The maximum atomic E-state index is 12.8. The zero-order valence-corrected chi connectivity index (χ0v) is 14.0. The van der Waals surface area contributed by atoms with Crippen molar-refractivity contribution in [3.63, 3.8) is 0 Å². The fraction of sp³-hybridized carbons (Fsp3) is 0.368. The number of para-hydroxylation sites is 1. The number of nitrogens with zero attached hydrogens (tertiary/aromatic N) is 2. The van der Waals surface area contributed by atoms with Crippen LogP contribution in [0.2, 0.25) is 0 Å². The number of aliphatic hydroxyl groups is 1. The van der Waals surface area contributed by atoms with Crippen molar-refractivity contribution in [1.29, 1.82) is 0 Å².